The lowest BCUT2D eigenvalue weighted by atomic mass is 10.2. The van der Waals surface area contributed by atoms with E-state index in [9.17, 15) is 13.6 Å². The van der Waals surface area contributed by atoms with E-state index in [0.717, 1.165) is 6.08 Å². The second-order valence-electron chi connectivity index (χ2n) is 3.38. The average Bonchev–Trinajstić information content (AvgIpc) is 2.77. The minimum absolute atomic E-state index is 0.156. The lowest BCUT2D eigenvalue weighted by molar-refractivity contribution is -0.144. The molecule has 0 saturated carbocycles. The average molecular weight is 244 g/mol. The quantitative estimate of drug-likeness (QED) is 0.546. The SMILES string of the molecule is O=C(CCCC=C(F)F)OCCn1cccn1. The van der Waals surface area contributed by atoms with Gasteiger partial charge in [0.15, 0.2) is 0 Å². The van der Waals surface area contributed by atoms with Crippen LogP contribution in [-0.4, -0.2) is 22.4 Å². The van der Waals surface area contributed by atoms with E-state index in [0.29, 0.717) is 13.0 Å². The molecule has 0 fully saturated rings. The first-order valence-electron chi connectivity index (χ1n) is 5.32. The van der Waals surface area contributed by atoms with E-state index in [1.807, 2.05) is 0 Å². The van der Waals surface area contributed by atoms with Crippen LogP contribution in [-0.2, 0) is 16.1 Å². The first-order chi connectivity index (χ1) is 8.18. The van der Waals surface area contributed by atoms with Crippen LogP contribution in [0.15, 0.2) is 30.6 Å². The molecule has 0 saturated heterocycles. The topological polar surface area (TPSA) is 44.1 Å². The Hall–Kier alpha value is -1.72. The summed E-state index contributed by atoms with van der Waals surface area (Å²) in [5, 5.41) is 3.94. The molecule has 0 bridgehead atoms. The van der Waals surface area contributed by atoms with Crippen molar-refractivity contribution < 1.29 is 18.3 Å². The zero-order valence-electron chi connectivity index (χ0n) is 9.31. The van der Waals surface area contributed by atoms with Crippen LogP contribution >= 0.6 is 0 Å². The second-order valence-corrected chi connectivity index (χ2v) is 3.38. The van der Waals surface area contributed by atoms with Gasteiger partial charge in [0.05, 0.1) is 6.54 Å². The predicted octanol–water partition coefficient (Wildman–Crippen LogP) is 2.38. The molecule has 94 valence electrons. The van der Waals surface area contributed by atoms with Gasteiger partial charge in [-0.15, -0.1) is 0 Å². The first-order valence-corrected chi connectivity index (χ1v) is 5.32. The number of esters is 1. The van der Waals surface area contributed by atoms with Gasteiger partial charge in [0.25, 0.3) is 6.08 Å². The Kier molecular flexibility index (Phi) is 5.92. The van der Waals surface area contributed by atoms with Gasteiger partial charge >= 0.3 is 5.97 Å². The van der Waals surface area contributed by atoms with Crippen molar-refractivity contribution in [2.45, 2.75) is 25.8 Å². The fourth-order valence-electron chi connectivity index (χ4n) is 1.22. The first kappa shape index (κ1) is 13.3. The zero-order chi connectivity index (χ0) is 12.5. The molecule has 1 aromatic heterocycles. The smallest absolute Gasteiger partial charge is 0.305 e. The number of hydrogen-bond acceptors (Lipinski definition) is 3. The molecular formula is C11H14F2N2O2. The summed E-state index contributed by atoms with van der Waals surface area (Å²) < 4.78 is 29.9. The lowest BCUT2D eigenvalue weighted by Crippen LogP contribution is -2.11. The maximum Gasteiger partial charge on any atom is 0.305 e. The van der Waals surface area contributed by atoms with Crippen LogP contribution in [0.5, 0.6) is 0 Å². The zero-order valence-corrected chi connectivity index (χ0v) is 9.31. The van der Waals surface area contributed by atoms with E-state index in [4.69, 9.17) is 4.74 Å². The van der Waals surface area contributed by atoms with Gasteiger partial charge in [0.2, 0.25) is 0 Å². The van der Waals surface area contributed by atoms with Gasteiger partial charge in [0.1, 0.15) is 6.61 Å². The third-order valence-corrected chi connectivity index (χ3v) is 2.03. The van der Waals surface area contributed by atoms with Crippen LogP contribution < -0.4 is 0 Å². The molecule has 0 aliphatic carbocycles. The molecule has 0 aliphatic heterocycles. The highest BCUT2D eigenvalue weighted by atomic mass is 19.3. The van der Waals surface area contributed by atoms with E-state index in [1.54, 1.807) is 23.1 Å². The standard InChI is InChI=1S/C11H14F2N2O2/c12-10(13)4-1-2-5-11(16)17-9-8-15-7-3-6-14-15/h3-4,6-7H,1-2,5,8-9H2. The van der Waals surface area contributed by atoms with Gasteiger partial charge in [-0.1, -0.05) is 0 Å². The van der Waals surface area contributed by atoms with E-state index < -0.39 is 6.08 Å². The molecular weight excluding hydrogens is 230 g/mol. The van der Waals surface area contributed by atoms with Crippen molar-refractivity contribution in [1.29, 1.82) is 0 Å². The molecule has 0 atom stereocenters. The molecule has 1 rings (SSSR count). The minimum atomic E-state index is -1.71. The predicted molar refractivity (Wildman–Crippen MR) is 57.3 cm³/mol. The number of ether oxygens (including phenoxy) is 1. The molecule has 0 spiro atoms. The molecule has 0 radical (unpaired) electrons. The summed E-state index contributed by atoms with van der Waals surface area (Å²) in [6, 6.07) is 1.78. The Morgan fingerprint density at radius 3 is 2.94 bits per heavy atom. The van der Waals surface area contributed by atoms with Gasteiger partial charge in [0, 0.05) is 18.8 Å². The van der Waals surface area contributed by atoms with Crippen LogP contribution in [0, 0.1) is 0 Å². The molecule has 1 aromatic rings. The number of rotatable bonds is 7. The molecule has 6 heteroatoms. The van der Waals surface area contributed by atoms with Crippen molar-refractivity contribution in [1.82, 2.24) is 9.78 Å². The summed E-state index contributed by atoms with van der Waals surface area (Å²) in [6.07, 6.45) is 3.22. The Labute approximate surface area is 97.9 Å². The van der Waals surface area contributed by atoms with Crippen LogP contribution in [0.1, 0.15) is 19.3 Å². The summed E-state index contributed by atoms with van der Waals surface area (Å²) >= 11 is 0. The van der Waals surface area contributed by atoms with E-state index in [1.165, 1.54) is 0 Å². The van der Waals surface area contributed by atoms with E-state index in [2.05, 4.69) is 5.10 Å². The number of halogens is 2. The highest BCUT2D eigenvalue weighted by Crippen LogP contribution is 2.04. The Balaban J connectivity index is 2.03. The molecule has 0 aromatic carbocycles. The fraction of sp³-hybridized carbons (Fsp3) is 0.455. The second kappa shape index (κ2) is 7.54. The normalized spacial score (nSPS) is 10.0. The van der Waals surface area contributed by atoms with Gasteiger partial charge < -0.3 is 4.74 Å². The van der Waals surface area contributed by atoms with Gasteiger partial charge in [-0.05, 0) is 25.0 Å². The van der Waals surface area contributed by atoms with Crippen molar-refractivity contribution in [3.63, 3.8) is 0 Å². The summed E-state index contributed by atoms with van der Waals surface area (Å²) in [5.74, 6) is -0.371. The van der Waals surface area contributed by atoms with E-state index >= 15 is 0 Å². The maximum absolute atomic E-state index is 11.7. The number of nitrogens with zero attached hydrogens (tertiary/aromatic N) is 2. The summed E-state index contributed by atoms with van der Waals surface area (Å²) in [5.41, 5.74) is 0. The van der Waals surface area contributed by atoms with Crippen LogP contribution in [0.4, 0.5) is 8.78 Å². The third-order valence-electron chi connectivity index (χ3n) is 2.03. The number of aromatic nitrogens is 2. The van der Waals surface area contributed by atoms with Crippen LogP contribution in [0.2, 0.25) is 0 Å². The van der Waals surface area contributed by atoms with Gasteiger partial charge in [-0.2, -0.15) is 13.9 Å². The molecule has 1 heterocycles. The van der Waals surface area contributed by atoms with Crippen LogP contribution in [0.25, 0.3) is 0 Å². The highest BCUT2D eigenvalue weighted by molar-refractivity contribution is 5.69. The monoisotopic (exact) mass is 244 g/mol. The number of allylic oxidation sites excluding steroid dienone is 1. The fourth-order valence-corrected chi connectivity index (χ4v) is 1.22. The number of unbranched alkanes of at least 4 members (excludes halogenated alkanes) is 1. The summed E-state index contributed by atoms with van der Waals surface area (Å²) in [4.78, 5) is 11.2. The largest absolute Gasteiger partial charge is 0.464 e. The lowest BCUT2D eigenvalue weighted by Gasteiger charge is -2.04. The third kappa shape index (κ3) is 6.44. The number of carbonyl (C=O) groups excluding carboxylic acids is 1. The van der Waals surface area contributed by atoms with E-state index in [-0.39, 0.29) is 25.4 Å². The number of carbonyl (C=O) groups is 1. The molecule has 0 aliphatic rings. The van der Waals surface area contributed by atoms with Crippen LogP contribution in [0.3, 0.4) is 0 Å². The summed E-state index contributed by atoms with van der Waals surface area (Å²) in [7, 11) is 0. The minimum Gasteiger partial charge on any atom is -0.464 e. The van der Waals surface area contributed by atoms with Crippen molar-refractivity contribution in [3.05, 3.63) is 30.6 Å². The molecule has 4 nitrogen and oxygen atoms in total. The number of hydrogen-bond donors (Lipinski definition) is 0. The van der Waals surface area contributed by atoms with Crippen molar-refractivity contribution in [2.24, 2.45) is 0 Å². The molecule has 17 heavy (non-hydrogen) atoms. The van der Waals surface area contributed by atoms with Gasteiger partial charge in [-0.25, -0.2) is 0 Å². The Morgan fingerprint density at radius 2 is 2.29 bits per heavy atom. The molecule has 0 unspecified atom stereocenters. The van der Waals surface area contributed by atoms with Gasteiger partial charge in [-0.3, -0.25) is 9.48 Å². The Bertz CT molecular complexity index is 360. The van der Waals surface area contributed by atoms with Crippen molar-refractivity contribution >= 4 is 5.97 Å². The Morgan fingerprint density at radius 1 is 1.47 bits per heavy atom. The summed E-state index contributed by atoms with van der Waals surface area (Å²) in [6.45, 7) is 0.742. The molecule has 0 N–H and O–H groups in total. The molecule has 0 amide bonds. The highest BCUT2D eigenvalue weighted by Gasteiger charge is 2.02. The van der Waals surface area contributed by atoms with Crippen molar-refractivity contribution in [2.75, 3.05) is 6.61 Å². The maximum atomic E-state index is 11.7. The van der Waals surface area contributed by atoms with Crippen molar-refractivity contribution in [3.8, 4) is 0 Å².